The summed E-state index contributed by atoms with van der Waals surface area (Å²) in [7, 11) is 2.09. The second-order valence-electron chi connectivity index (χ2n) is 14.4. The fourth-order valence-corrected chi connectivity index (χ4v) is 5.74. The number of hydrogen-bond donors (Lipinski definition) is 2. The summed E-state index contributed by atoms with van der Waals surface area (Å²) in [6.07, 6.45) is 1.88. The summed E-state index contributed by atoms with van der Waals surface area (Å²) < 4.78 is 6.18. The molecule has 0 spiro atoms. The van der Waals surface area contributed by atoms with Gasteiger partial charge in [0.2, 0.25) is 0 Å². The Labute approximate surface area is 231 Å². The van der Waals surface area contributed by atoms with Crippen LogP contribution in [0.15, 0.2) is 12.1 Å². The topological polar surface area (TPSA) is 87.1 Å². The van der Waals surface area contributed by atoms with Crippen molar-refractivity contribution in [2.75, 3.05) is 7.05 Å². The molecule has 0 bridgehead atoms. The summed E-state index contributed by atoms with van der Waals surface area (Å²) in [6, 6.07) is 3.95. The van der Waals surface area contributed by atoms with Crippen LogP contribution in [0.25, 0.3) is 0 Å². The van der Waals surface area contributed by atoms with E-state index in [1.165, 1.54) is 0 Å². The monoisotopic (exact) mass is 531 g/mol. The van der Waals surface area contributed by atoms with Crippen LogP contribution in [0.1, 0.15) is 119 Å². The Balaban J connectivity index is 2.61. The van der Waals surface area contributed by atoms with Gasteiger partial charge in [-0.25, -0.2) is 0 Å². The lowest BCUT2D eigenvalue weighted by Gasteiger charge is -2.51. The number of phenolic OH excluding ortho intramolecular Hbond substituents is 1. The van der Waals surface area contributed by atoms with E-state index < -0.39 is 17.4 Å². The van der Waals surface area contributed by atoms with Gasteiger partial charge in [-0.1, -0.05) is 80.4 Å². The van der Waals surface area contributed by atoms with Crippen LogP contribution in [0.2, 0.25) is 0 Å². The normalized spacial score (nSPS) is 24.1. The number of esters is 1. The van der Waals surface area contributed by atoms with Gasteiger partial charge in [-0.2, -0.15) is 0 Å². The van der Waals surface area contributed by atoms with E-state index in [-0.39, 0.29) is 53.0 Å². The molecule has 4 atom stereocenters. The van der Waals surface area contributed by atoms with Crippen molar-refractivity contribution in [1.29, 1.82) is 0 Å². The molecule has 1 aromatic rings. The molecule has 0 amide bonds. The lowest BCUT2D eigenvalue weighted by atomic mass is 9.73. The largest absolute Gasteiger partial charge is 0.507 e. The van der Waals surface area contributed by atoms with Crippen LogP contribution < -0.4 is 0 Å². The van der Waals surface area contributed by atoms with Crippen LogP contribution in [-0.2, 0) is 31.6 Å². The van der Waals surface area contributed by atoms with Gasteiger partial charge in [-0.15, -0.1) is 0 Å². The molecule has 1 heterocycles. The van der Waals surface area contributed by atoms with Gasteiger partial charge in [0.1, 0.15) is 11.9 Å². The first-order valence-electron chi connectivity index (χ1n) is 14.2. The minimum absolute atomic E-state index is 0.0214. The number of aliphatic carboxylic acids is 1. The zero-order chi connectivity index (χ0) is 29.4. The zero-order valence-corrected chi connectivity index (χ0v) is 26.0. The molecule has 1 aliphatic heterocycles. The molecule has 216 valence electrons. The number of carboxylic acid groups (broad SMARTS) is 1. The van der Waals surface area contributed by atoms with E-state index in [2.05, 4.69) is 39.6 Å². The van der Waals surface area contributed by atoms with Gasteiger partial charge in [0.25, 0.3) is 0 Å². The molecule has 0 radical (unpaired) electrons. The Morgan fingerprint density at radius 2 is 1.55 bits per heavy atom. The fourth-order valence-electron chi connectivity index (χ4n) is 5.74. The molecule has 6 nitrogen and oxygen atoms in total. The third-order valence-electron chi connectivity index (χ3n) is 8.92. The smallest absolute Gasteiger partial charge is 0.324 e. The lowest BCUT2D eigenvalue weighted by Crippen LogP contribution is -2.59. The summed E-state index contributed by atoms with van der Waals surface area (Å²) in [5.41, 5.74) is -0.356. The maximum absolute atomic E-state index is 14.0. The molecule has 38 heavy (non-hydrogen) atoms. The van der Waals surface area contributed by atoms with Crippen molar-refractivity contribution in [3.8, 4) is 5.75 Å². The number of carboxylic acids is 1. The first-order valence-corrected chi connectivity index (χ1v) is 14.2. The SMILES string of the molecule is CCCCC(Cc1cc(C(C)(C)C)c(O)c(C(C)(C)C)c1)(C(=O)O)C(=O)OC1CC(C)(C)N(C)C(C)C1C. The molecule has 4 unspecified atom stereocenters. The van der Waals surface area contributed by atoms with E-state index >= 15 is 0 Å². The second-order valence-corrected chi connectivity index (χ2v) is 14.4. The molecule has 1 aromatic carbocycles. The fraction of sp³-hybridized carbons (Fsp3) is 0.750. The first kappa shape index (κ1) is 32.1. The van der Waals surface area contributed by atoms with Crippen LogP contribution in [0.5, 0.6) is 5.75 Å². The number of ether oxygens (including phenoxy) is 1. The summed E-state index contributed by atoms with van der Waals surface area (Å²) in [5, 5.41) is 21.8. The van der Waals surface area contributed by atoms with Crippen LogP contribution in [0.4, 0.5) is 0 Å². The van der Waals surface area contributed by atoms with Crippen LogP contribution in [0.3, 0.4) is 0 Å². The maximum Gasteiger partial charge on any atom is 0.324 e. The van der Waals surface area contributed by atoms with Gasteiger partial charge >= 0.3 is 11.9 Å². The average molecular weight is 532 g/mol. The number of likely N-dealkylation sites (tertiary alicyclic amines) is 1. The van der Waals surface area contributed by atoms with Crippen LogP contribution in [-0.4, -0.2) is 51.8 Å². The Morgan fingerprint density at radius 3 is 1.97 bits per heavy atom. The van der Waals surface area contributed by atoms with Crippen molar-refractivity contribution in [3.05, 3.63) is 28.8 Å². The van der Waals surface area contributed by atoms with Crippen molar-refractivity contribution in [2.45, 2.75) is 137 Å². The summed E-state index contributed by atoms with van der Waals surface area (Å²) in [6.45, 7) is 22.6. The predicted octanol–water partition coefficient (Wildman–Crippen LogP) is 6.84. The summed E-state index contributed by atoms with van der Waals surface area (Å²) >= 11 is 0. The Morgan fingerprint density at radius 1 is 1.05 bits per heavy atom. The highest BCUT2D eigenvalue weighted by molar-refractivity contribution is 5.99. The van der Waals surface area contributed by atoms with Crippen molar-refractivity contribution >= 4 is 11.9 Å². The van der Waals surface area contributed by atoms with Crippen molar-refractivity contribution < 1.29 is 24.5 Å². The van der Waals surface area contributed by atoms with Gasteiger partial charge in [0.05, 0.1) is 0 Å². The van der Waals surface area contributed by atoms with Crippen LogP contribution >= 0.6 is 0 Å². The number of hydrogen-bond acceptors (Lipinski definition) is 5. The number of nitrogens with zero attached hydrogens (tertiary/aromatic N) is 1. The number of aromatic hydroxyl groups is 1. The van der Waals surface area contributed by atoms with E-state index in [1.54, 1.807) is 0 Å². The lowest BCUT2D eigenvalue weighted by molar-refractivity contribution is -0.181. The van der Waals surface area contributed by atoms with E-state index in [9.17, 15) is 19.8 Å². The zero-order valence-electron chi connectivity index (χ0n) is 26.0. The molecule has 2 N–H and O–H groups in total. The predicted molar refractivity (Wildman–Crippen MR) is 154 cm³/mol. The van der Waals surface area contributed by atoms with Gasteiger partial charge in [0.15, 0.2) is 5.41 Å². The Kier molecular flexibility index (Phi) is 9.46. The Hall–Kier alpha value is -2.08. The Bertz CT molecular complexity index is 981. The van der Waals surface area contributed by atoms with E-state index in [0.717, 1.165) is 23.1 Å². The molecule has 1 aliphatic rings. The minimum atomic E-state index is -1.70. The molecule has 2 rings (SSSR count). The van der Waals surface area contributed by atoms with Gasteiger partial charge in [-0.3, -0.25) is 14.5 Å². The molecular formula is C32H53NO5. The van der Waals surface area contributed by atoms with E-state index in [0.29, 0.717) is 12.8 Å². The third-order valence-corrected chi connectivity index (χ3v) is 8.92. The van der Waals surface area contributed by atoms with Gasteiger partial charge in [-0.05, 0) is 68.2 Å². The highest BCUT2D eigenvalue weighted by atomic mass is 16.5. The van der Waals surface area contributed by atoms with Crippen LogP contribution in [0, 0.1) is 11.3 Å². The van der Waals surface area contributed by atoms with Gasteiger partial charge in [0, 0.05) is 23.9 Å². The number of phenols is 1. The molecular weight excluding hydrogens is 478 g/mol. The highest BCUT2D eigenvalue weighted by Gasteiger charge is 2.51. The number of carbonyl (C=O) groups excluding carboxylic acids is 1. The second kappa shape index (κ2) is 11.2. The summed E-state index contributed by atoms with van der Waals surface area (Å²) in [4.78, 5) is 29.3. The van der Waals surface area contributed by atoms with E-state index in [4.69, 9.17) is 4.74 Å². The molecule has 0 aliphatic carbocycles. The average Bonchev–Trinajstić information content (AvgIpc) is 2.77. The molecule has 1 saturated heterocycles. The van der Waals surface area contributed by atoms with Crippen molar-refractivity contribution in [1.82, 2.24) is 4.90 Å². The number of rotatable bonds is 8. The number of carbonyl (C=O) groups is 2. The van der Waals surface area contributed by atoms with Gasteiger partial charge < -0.3 is 14.9 Å². The number of unbranched alkanes of at least 4 members (excludes halogenated alkanes) is 1. The van der Waals surface area contributed by atoms with Crippen molar-refractivity contribution in [2.24, 2.45) is 11.3 Å². The molecule has 6 heteroatoms. The minimum Gasteiger partial charge on any atom is -0.507 e. The quantitative estimate of drug-likeness (QED) is 0.282. The molecule has 0 aromatic heterocycles. The standard InChI is InChI=1S/C32H53NO5/c1-13-14-15-32(27(35)36,28(37)38-25-19-31(10,11)33(12)21(3)20(25)2)18-22-16-23(29(4,5)6)26(34)24(17-22)30(7,8)9/h16-17,20-21,25,34H,13-15,18-19H2,1-12H3,(H,35,36). The van der Waals surface area contributed by atoms with Crippen molar-refractivity contribution in [3.63, 3.8) is 0 Å². The molecule has 0 saturated carbocycles. The highest BCUT2D eigenvalue weighted by Crippen LogP contribution is 2.43. The molecule has 1 fully saturated rings. The maximum atomic E-state index is 14.0. The number of benzene rings is 1. The third kappa shape index (κ3) is 6.55. The summed E-state index contributed by atoms with van der Waals surface area (Å²) in [5.74, 6) is -1.48. The first-order chi connectivity index (χ1) is 17.2. The van der Waals surface area contributed by atoms with E-state index in [1.807, 2.05) is 60.6 Å². The number of piperidine rings is 1.